The zero-order chi connectivity index (χ0) is 25.2. The Bertz CT molecular complexity index is 1520. The smallest absolute Gasteiger partial charge is 0.333 e. The van der Waals surface area contributed by atoms with Crippen molar-refractivity contribution in [3.8, 4) is 11.5 Å². The van der Waals surface area contributed by atoms with Gasteiger partial charge in [0.25, 0.3) is 5.91 Å². The molecule has 4 aromatic carbocycles. The van der Waals surface area contributed by atoms with Crippen molar-refractivity contribution < 1.29 is 19.1 Å². The van der Waals surface area contributed by atoms with E-state index in [4.69, 9.17) is 21.1 Å². The van der Waals surface area contributed by atoms with E-state index >= 15 is 0 Å². The van der Waals surface area contributed by atoms with Crippen LogP contribution in [0.3, 0.4) is 0 Å². The van der Waals surface area contributed by atoms with Gasteiger partial charge in [0.2, 0.25) is 0 Å². The lowest BCUT2D eigenvalue weighted by molar-refractivity contribution is -0.113. The normalized spacial score (nSPS) is 14.4. The van der Waals surface area contributed by atoms with Gasteiger partial charge >= 0.3 is 6.03 Å². The molecule has 0 radical (unpaired) electrons. The minimum Gasteiger partial charge on any atom is -0.493 e. The number of imide groups is 1. The lowest BCUT2D eigenvalue weighted by Gasteiger charge is -2.14. The highest BCUT2D eigenvalue weighted by Crippen LogP contribution is 2.38. The highest BCUT2D eigenvalue weighted by molar-refractivity contribution is 9.10. The maximum Gasteiger partial charge on any atom is 0.333 e. The molecule has 180 valence electrons. The van der Waals surface area contributed by atoms with E-state index in [1.165, 1.54) is 5.39 Å². The van der Waals surface area contributed by atoms with Gasteiger partial charge in [-0.15, -0.1) is 0 Å². The van der Waals surface area contributed by atoms with Gasteiger partial charge in [-0.3, -0.25) is 4.79 Å². The fourth-order valence-electron chi connectivity index (χ4n) is 3.97. The first-order chi connectivity index (χ1) is 17.4. The Morgan fingerprint density at radius 1 is 0.972 bits per heavy atom. The molecule has 0 saturated carbocycles. The molecular weight excluding hydrogens is 544 g/mol. The number of urea groups is 1. The van der Waals surface area contributed by atoms with Crippen LogP contribution in [-0.4, -0.2) is 19.0 Å². The van der Waals surface area contributed by atoms with E-state index in [2.05, 4.69) is 45.5 Å². The van der Waals surface area contributed by atoms with E-state index in [0.717, 1.165) is 15.8 Å². The molecule has 1 saturated heterocycles. The zero-order valence-electron chi connectivity index (χ0n) is 19.1. The van der Waals surface area contributed by atoms with Gasteiger partial charge in [0.15, 0.2) is 11.5 Å². The number of carbonyl (C=O) groups excluding carboxylic acids is 2. The fourth-order valence-corrected chi connectivity index (χ4v) is 4.67. The van der Waals surface area contributed by atoms with Gasteiger partial charge in [-0.2, -0.15) is 0 Å². The Hall–Kier alpha value is -3.81. The molecule has 5 rings (SSSR count). The molecule has 0 atom stereocenters. The molecule has 1 N–H and O–H groups in total. The molecule has 1 aliphatic rings. The number of amides is 3. The number of hydrogen-bond donors (Lipinski definition) is 1. The van der Waals surface area contributed by atoms with Crippen molar-refractivity contribution in [2.24, 2.45) is 0 Å². The van der Waals surface area contributed by atoms with Crippen LogP contribution in [0.25, 0.3) is 16.8 Å². The van der Waals surface area contributed by atoms with E-state index in [1.807, 2.05) is 18.2 Å². The van der Waals surface area contributed by atoms with Gasteiger partial charge in [-0.1, -0.05) is 48.0 Å². The molecule has 36 heavy (non-hydrogen) atoms. The molecular formula is C28H20BrClN2O4. The number of ether oxygens (including phenoxy) is 2. The van der Waals surface area contributed by atoms with Gasteiger partial charge < -0.3 is 14.8 Å². The number of anilines is 1. The lowest BCUT2D eigenvalue weighted by Crippen LogP contribution is -2.30. The van der Waals surface area contributed by atoms with Crippen LogP contribution in [0.15, 0.2) is 89.0 Å². The standard InChI is InChI=1S/C28H20BrClN2O4/c1-35-25-15-18(14-24-27(33)32(28(34)31-24)22-10-8-21(30)9-11-22)13-23(29)26(25)36-16-17-6-7-19-4-2-3-5-20(19)12-17/h2-15H,16H2,1H3,(H,31,34)/b24-14+. The number of nitrogens with zero attached hydrogens (tertiary/aromatic N) is 1. The summed E-state index contributed by atoms with van der Waals surface area (Å²) in [4.78, 5) is 26.5. The first kappa shape index (κ1) is 23.9. The van der Waals surface area contributed by atoms with Crippen LogP contribution in [0.4, 0.5) is 10.5 Å². The van der Waals surface area contributed by atoms with E-state index < -0.39 is 11.9 Å². The Morgan fingerprint density at radius 3 is 2.47 bits per heavy atom. The van der Waals surface area contributed by atoms with Crippen molar-refractivity contribution in [2.45, 2.75) is 6.61 Å². The van der Waals surface area contributed by atoms with E-state index in [0.29, 0.717) is 38.9 Å². The van der Waals surface area contributed by atoms with Crippen LogP contribution in [0, 0.1) is 0 Å². The molecule has 0 aromatic heterocycles. The molecule has 1 heterocycles. The maximum atomic E-state index is 12.9. The number of halogens is 2. The van der Waals surface area contributed by atoms with Gasteiger partial charge in [-0.05, 0) is 86.4 Å². The van der Waals surface area contributed by atoms with Crippen molar-refractivity contribution in [3.63, 3.8) is 0 Å². The molecule has 0 bridgehead atoms. The molecule has 3 amide bonds. The third kappa shape index (κ3) is 4.80. The summed E-state index contributed by atoms with van der Waals surface area (Å²) in [6, 6.07) is 23.8. The molecule has 4 aromatic rings. The first-order valence-electron chi connectivity index (χ1n) is 11.0. The van der Waals surface area contributed by atoms with Gasteiger partial charge in [0, 0.05) is 5.02 Å². The van der Waals surface area contributed by atoms with Crippen molar-refractivity contribution in [1.82, 2.24) is 5.32 Å². The van der Waals surface area contributed by atoms with Crippen molar-refractivity contribution in [1.29, 1.82) is 0 Å². The number of methoxy groups -OCH3 is 1. The number of rotatable bonds is 6. The van der Waals surface area contributed by atoms with Crippen molar-refractivity contribution in [3.05, 3.63) is 105 Å². The Labute approximate surface area is 221 Å². The number of nitrogens with one attached hydrogen (secondary N) is 1. The molecule has 0 spiro atoms. The second kappa shape index (κ2) is 10.0. The highest BCUT2D eigenvalue weighted by Gasteiger charge is 2.34. The van der Waals surface area contributed by atoms with Gasteiger partial charge in [-0.25, -0.2) is 9.69 Å². The van der Waals surface area contributed by atoms with Crippen LogP contribution in [0.2, 0.25) is 5.02 Å². The minimum atomic E-state index is -0.532. The lowest BCUT2D eigenvalue weighted by atomic mass is 10.1. The van der Waals surface area contributed by atoms with Crippen LogP contribution >= 0.6 is 27.5 Å². The van der Waals surface area contributed by atoms with E-state index in [9.17, 15) is 9.59 Å². The average Bonchev–Trinajstić information content (AvgIpc) is 3.15. The van der Waals surface area contributed by atoms with E-state index in [1.54, 1.807) is 49.6 Å². The number of fused-ring (bicyclic) bond motifs is 1. The highest BCUT2D eigenvalue weighted by atomic mass is 79.9. The van der Waals surface area contributed by atoms with E-state index in [-0.39, 0.29) is 5.70 Å². The SMILES string of the molecule is COc1cc(/C=C2/NC(=O)N(c3ccc(Cl)cc3)C2=O)cc(Br)c1OCc1ccc2ccccc2c1. The molecule has 8 heteroatoms. The largest absolute Gasteiger partial charge is 0.493 e. The second-order valence-electron chi connectivity index (χ2n) is 8.11. The summed E-state index contributed by atoms with van der Waals surface area (Å²) in [6.45, 7) is 0.352. The third-order valence-corrected chi connectivity index (χ3v) is 6.56. The zero-order valence-corrected chi connectivity index (χ0v) is 21.5. The summed E-state index contributed by atoms with van der Waals surface area (Å²) in [6.07, 6.45) is 1.59. The minimum absolute atomic E-state index is 0.147. The summed E-state index contributed by atoms with van der Waals surface area (Å²) >= 11 is 9.48. The maximum absolute atomic E-state index is 12.9. The molecule has 6 nitrogen and oxygen atoms in total. The predicted molar refractivity (Wildman–Crippen MR) is 144 cm³/mol. The van der Waals surface area contributed by atoms with Gasteiger partial charge in [0.1, 0.15) is 12.3 Å². The van der Waals surface area contributed by atoms with Crippen LogP contribution in [0.5, 0.6) is 11.5 Å². The fraction of sp³-hybridized carbons (Fsp3) is 0.0714. The summed E-state index contributed by atoms with van der Waals surface area (Å²) in [5, 5.41) is 5.45. The average molecular weight is 564 g/mol. The Kier molecular flexibility index (Phi) is 6.67. The molecule has 1 aliphatic heterocycles. The van der Waals surface area contributed by atoms with Crippen molar-refractivity contribution >= 4 is 62.0 Å². The Balaban J connectivity index is 1.37. The predicted octanol–water partition coefficient (Wildman–Crippen LogP) is 6.94. The van der Waals surface area contributed by atoms with Crippen LogP contribution in [0.1, 0.15) is 11.1 Å². The number of carbonyl (C=O) groups is 2. The molecule has 0 unspecified atom stereocenters. The third-order valence-electron chi connectivity index (χ3n) is 5.72. The Morgan fingerprint density at radius 2 is 1.72 bits per heavy atom. The van der Waals surface area contributed by atoms with Crippen LogP contribution < -0.4 is 19.7 Å². The monoisotopic (exact) mass is 562 g/mol. The van der Waals surface area contributed by atoms with Gasteiger partial charge in [0.05, 0.1) is 17.3 Å². The number of benzene rings is 4. The second-order valence-corrected chi connectivity index (χ2v) is 9.40. The van der Waals surface area contributed by atoms with Crippen molar-refractivity contribution in [2.75, 3.05) is 12.0 Å². The molecule has 1 fully saturated rings. The summed E-state index contributed by atoms with van der Waals surface area (Å²) in [7, 11) is 1.55. The summed E-state index contributed by atoms with van der Waals surface area (Å²) in [5.41, 5.74) is 2.25. The molecule has 0 aliphatic carbocycles. The number of hydrogen-bond acceptors (Lipinski definition) is 4. The summed E-state index contributed by atoms with van der Waals surface area (Å²) < 4.78 is 12.3. The first-order valence-corrected chi connectivity index (χ1v) is 12.2. The topological polar surface area (TPSA) is 67.9 Å². The van der Waals surface area contributed by atoms with Crippen LogP contribution in [-0.2, 0) is 11.4 Å². The quantitative estimate of drug-likeness (QED) is 0.204. The summed E-state index contributed by atoms with van der Waals surface area (Å²) in [5.74, 6) is 0.565.